The smallest absolute Gasteiger partial charge is 0.411 e. The normalized spacial score (nSPS) is 11.2. The molecular formula is C20H17ClN2O8S. The lowest BCUT2D eigenvalue weighted by atomic mass is 10.1. The maximum absolute atomic E-state index is 12.5. The molecule has 3 aromatic rings. The van der Waals surface area contributed by atoms with Gasteiger partial charge in [-0.25, -0.2) is 27.9 Å². The highest BCUT2D eigenvalue weighted by molar-refractivity contribution is 7.89. The Labute approximate surface area is 186 Å². The lowest BCUT2D eigenvalue weighted by Gasteiger charge is -2.10. The molecule has 0 aliphatic rings. The maximum atomic E-state index is 12.5. The number of hydrogen-bond acceptors (Lipinski definition) is 8. The third-order valence-corrected chi connectivity index (χ3v) is 5.44. The zero-order chi connectivity index (χ0) is 23.5. The molecule has 0 atom stereocenters. The van der Waals surface area contributed by atoms with E-state index in [1.807, 2.05) is 0 Å². The molecule has 0 saturated heterocycles. The van der Waals surface area contributed by atoms with Crippen LogP contribution in [-0.2, 0) is 26.1 Å². The van der Waals surface area contributed by atoms with Crippen LogP contribution in [0.2, 0.25) is 5.02 Å². The van der Waals surface area contributed by atoms with Crippen LogP contribution in [0.4, 0.5) is 10.5 Å². The first-order valence-corrected chi connectivity index (χ1v) is 11.0. The number of primary sulfonamides is 1. The quantitative estimate of drug-likeness (QED) is 0.403. The molecule has 0 saturated carbocycles. The Morgan fingerprint density at radius 1 is 1.12 bits per heavy atom. The Morgan fingerprint density at radius 2 is 1.88 bits per heavy atom. The summed E-state index contributed by atoms with van der Waals surface area (Å²) in [4.78, 5) is 35.7. The van der Waals surface area contributed by atoms with Crippen molar-refractivity contribution in [2.45, 2.75) is 18.4 Å². The van der Waals surface area contributed by atoms with Crippen molar-refractivity contribution in [3.8, 4) is 0 Å². The first kappa shape index (κ1) is 23.3. The molecule has 0 unspecified atom stereocenters. The van der Waals surface area contributed by atoms with Gasteiger partial charge in [0.05, 0.1) is 22.1 Å². The van der Waals surface area contributed by atoms with Crippen molar-refractivity contribution in [3.05, 3.63) is 69.0 Å². The molecule has 32 heavy (non-hydrogen) atoms. The molecular weight excluding hydrogens is 464 g/mol. The third kappa shape index (κ3) is 5.44. The minimum absolute atomic E-state index is 0.0329. The maximum Gasteiger partial charge on any atom is 0.411 e. The summed E-state index contributed by atoms with van der Waals surface area (Å²) in [5, 5.41) is 7.99. The number of amides is 1. The van der Waals surface area contributed by atoms with Crippen molar-refractivity contribution >= 4 is 50.3 Å². The molecule has 0 fully saturated rings. The molecule has 1 amide bonds. The SMILES string of the molecule is CCOC(=O)Nc1ccc2c(COC(=O)c3cc(S(N)(=O)=O)ccc3Cl)cc(=O)oc2c1. The zero-order valence-electron chi connectivity index (χ0n) is 16.6. The van der Waals surface area contributed by atoms with E-state index in [9.17, 15) is 22.8 Å². The Balaban J connectivity index is 1.85. The third-order valence-electron chi connectivity index (χ3n) is 4.20. The van der Waals surface area contributed by atoms with Gasteiger partial charge in [0.25, 0.3) is 0 Å². The number of rotatable bonds is 6. The number of halogens is 1. The van der Waals surface area contributed by atoms with Crippen molar-refractivity contribution in [1.82, 2.24) is 0 Å². The highest BCUT2D eigenvalue weighted by atomic mass is 35.5. The number of anilines is 1. The van der Waals surface area contributed by atoms with Crippen LogP contribution in [0.15, 0.2) is 56.6 Å². The van der Waals surface area contributed by atoms with Gasteiger partial charge in [-0.1, -0.05) is 11.6 Å². The van der Waals surface area contributed by atoms with Gasteiger partial charge in [-0.3, -0.25) is 5.32 Å². The molecule has 3 rings (SSSR count). The Bertz CT molecular complexity index is 1370. The number of esters is 1. The van der Waals surface area contributed by atoms with E-state index in [0.29, 0.717) is 16.6 Å². The number of nitrogens with two attached hydrogens (primary N) is 1. The van der Waals surface area contributed by atoms with Crippen molar-refractivity contribution < 1.29 is 31.9 Å². The topological polar surface area (TPSA) is 155 Å². The van der Waals surface area contributed by atoms with Gasteiger partial charge in [-0.05, 0) is 37.3 Å². The van der Waals surface area contributed by atoms with Crippen molar-refractivity contribution in [2.24, 2.45) is 5.14 Å². The molecule has 0 bridgehead atoms. The molecule has 0 spiro atoms. The summed E-state index contributed by atoms with van der Waals surface area (Å²) >= 11 is 5.98. The Kier molecular flexibility index (Phi) is 6.82. The van der Waals surface area contributed by atoms with E-state index >= 15 is 0 Å². The first-order valence-electron chi connectivity index (χ1n) is 9.08. The average Bonchev–Trinajstić information content (AvgIpc) is 2.71. The number of carbonyl (C=O) groups excluding carboxylic acids is 2. The van der Waals surface area contributed by atoms with E-state index in [2.05, 4.69) is 5.32 Å². The molecule has 1 heterocycles. The van der Waals surface area contributed by atoms with Crippen molar-refractivity contribution in [3.63, 3.8) is 0 Å². The molecule has 2 aromatic carbocycles. The lowest BCUT2D eigenvalue weighted by Crippen LogP contribution is -2.14. The monoisotopic (exact) mass is 480 g/mol. The summed E-state index contributed by atoms with van der Waals surface area (Å²) in [6.45, 7) is 1.51. The van der Waals surface area contributed by atoms with Gasteiger partial charge in [-0.15, -0.1) is 0 Å². The fourth-order valence-electron chi connectivity index (χ4n) is 2.77. The van der Waals surface area contributed by atoms with Crippen molar-refractivity contribution in [1.29, 1.82) is 0 Å². The summed E-state index contributed by atoms with van der Waals surface area (Å²) in [6.07, 6.45) is -0.669. The van der Waals surface area contributed by atoms with Crippen LogP contribution >= 0.6 is 11.6 Å². The fourth-order valence-corrected chi connectivity index (χ4v) is 3.51. The van der Waals surface area contributed by atoms with Gasteiger partial charge in [0.1, 0.15) is 12.2 Å². The number of carbonyl (C=O) groups is 2. The van der Waals surface area contributed by atoms with Gasteiger partial charge in [0.2, 0.25) is 10.0 Å². The highest BCUT2D eigenvalue weighted by Gasteiger charge is 2.18. The van der Waals surface area contributed by atoms with E-state index in [1.165, 1.54) is 12.1 Å². The van der Waals surface area contributed by atoms with E-state index in [1.54, 1.807) is 19.1 Å². The molecule has 0 aliphatic carbocycles. The van der Waals surface area contributed by atoms with Crippen LogP contribution in [0, 0.1) is 0 Å². The molecule has 168 valence electrons. The minimum Gasteiger partial charge on any atom is -0.457 e. The van der Waals surface area contributed by atoms with Crippen LogP contribution in [0.3, 0.4) is 0 Å². The number of ether oxygens (including phenoxy) is 2. The highest BCUT2D eigenvalue weighted by Crippen LogP contribution is 2.24. The second kappa shape index (κ2) is 9.39. The van der Waals surface area contributed by atoms with E-state index in [-0.39, 0.29) is 34.3 Å². The van der Waals surface area contributed by atoms with Crippen LogP contribution < -0.4 is 16.1 Å². The van der Waals surface area contributed by atoms with Crippen LogP contribution in [0.25, 0.3) is 11.0 Å². The summed E-state index contributed by atoms with van der Waals surface area (Å²) < 4.78 is 38.2. The van der Waals surface area contributed by atoms with Gasteiger partial charge in [0.15, 0.2) is 0 Å². The van der Waals surface area contributed by atoms with Crippen LogP contribution in [-0.4, -0.2) is 27.1 Å². The zero-order valence-corrected chi connectivity index (χ0v) is 18.2. The summed E-state index contributed by atoms with van der Waals surface area (Å²) in [6, 6.07) is 9.07. The van der Waals surface area contributed by atoms with E-state index < -0.39 is 27.7 Å². The fraction of sp³-hybridized carbons (Fsp3) is 0.150. The number of sulfonamides is 1. The van der Waals surface area contributed by atoms with Crippen molar-refractivity contribution in [2.75, 3.05) is 11.9 Å². The number of nitrogens with one attached hydrogen (secondary N) is 1. The molecule has 10 nitrogen and oxygen atoms in total. The molecule has 3 N–H and O–H groups in total. The minimum atomic E-state index is -4.05. The van der Waals surface area contributed by atoms with Gasteiger partial charge in [0, 0.05) is 28.8 Å². The largest absolute Gasteiger partial charge is 0.457 e. The lowest BCUT2D eigenvalue weighted by molar-refractivity contribution is 0.0473. The summed E-state index contributed by atoms with van der Waals surface area (Å²) in [7, 11) is -4.05. The first-order chi connectivity index (χ1) is 15.1. The predicted molar refractivity (Wildman–Crippen MR) is 115 cm³/mol. The second-order valence-corrected chi connectivity index (χ2v) is 8.38. The van der Waals surface area contributed by atoms with Crippen LogP contribution in [0.5, 0.6) is 0 Å². The summed E-state index contributed by atoms with van der Waals surface area (Å²) in [5.41, 5.74) is -0.101. The second-order valence-electron chi connectivity index (χ2n) is 6.41. The molecule has 0 radical (unpaired) electrons. The Hall–Kier alpha value is -3.41. The predicted octanol–water partition coefficient (Wildman–Crippen LogP) is 3.02. The number of fused-ring (bicyclic) bond motifs is 1. The molecule has 0 aliphatic heterocycles. The number of benzene rings is 2. The van der Waals surface area contributed by atoms with Gasteiger partial charge in [-0.2, -0.15) is 0 Å². The summed E-state index contributed by atoms with van der Waals surface area (Å²) in [5.74, 6) is -0.914. The standard InChI is InChI=1S/C20H17ClN2O8S/c1-2-29-20(26)23-12-3-5-14-11(7-18(24)31-17(14)8-12)10-30-19(25)15-9-13(32(22,27)28)4-6-16(15)21/h3-9H,2,10H2,1H3,(H,23,26)(H2,22,27,28). The van der Waals surface area contributed by atoms with Crippen LogP contribution in [0.1, 0.15) is 22.8 Å². The van der Waals surface area contributed by atoms with E-state index in [0.717, 1.165) is 18.2 Å². The Morgan fingerprint density at radius 3 is 2.56 bits per heavy atom. The van der Waals surface area contributed by atoms with Gasteiger partial charge >= 0.3 is 17.7 Å². The molecule has 1 aromatic heterocycles. The van der Waals surface area contributed by atoms with Gasteiger partial charge < -0.3 is 13.9 Å². The average molecular weight is 481 g/mol. The number of hydrogen-bond donors (Lipinski definition) is 2. The molecule has 12 heteroatoms. The van der Waals surface area contributed by atoms with E-state index in [4.69, 9.17) is 30.6 Å².